The quantitative estimate of drug-likeness (QED) is 0.900. The third-order valence-corrected chi connectivity index (χ3v) is 5.26. The minimum absolute atomic E-state index is 0.236. The Morgan fingerprint density at radius 3 is 3.11 bits per heavy atom. The van der Waals surface area contributed by atoms with Crippen molar-refractivity contribution in [2.24, 2.45) is 0 Å². The van der Waals surface area contributed by atoms with Gasteiger partial charge >= 0.3 is 0 Å². The Hall–Kier alpha value is -0.840. The van der Waals surface area contributed by atoms with Crippen molar-refractivity contribution in [1.29, 1.82) is 0 Å². The lowest BCUT2D eigenvalue weighted by molar-refractivity contribution is 0.169. The molecule has 3 heterocycles. The van der Waals surface area contributed by atoms with E-state index in [0.717, 1.165) is 31.8 Å². The first-order valence-electron chi connectivity index (χ1n) is 6.41. The number of thiophene rings is 2. The van der Waals surface area contributed by atoms with Gasteiger partial charge in [0.25, 0.3) is 0 Å². The Labute approximate surface area is 115 Å². The van der Waals surface area contributed by atoms with Gasteiger partial charge < -0.3 is 10.1 Å². The number of rotatable bonds is 4. The van der Waals surface area contributed by atoms with Gasteiger partial charge in [-0.2, -0.15) is 0 Å². The van der Waals surface area contributed by atoms with E-state index in [2.05, 4.69) is 35.8 Å². The number of fused-ring (bicyclic) bond motifs is 1. The van der Waals surface area contributed by atoms with Crippen LogP contribution < -0.4 is 5.32 Å². The molecular formula is C14H17NOS2. The molecule has 0 aliphatic carbocycles. The van der Waals surface area contributed by atoms with E-state index >= 15 is 0 Å². The first kappa shape index (κ1) is 12.2. The molecule has 3 rings (SSSR count). The molecule has 1 N–H and O–H groups in total. The molecule has 4 heteroatoms. The van der Waals surface area contributed by atoms with Crippen molar-refractivity contribution < 1.29 is 4.74 Å². The Kier molecular flexibility index (Phi) is 3.68. The molecule has 0 amide bonds. The number of likely N-dealkylation sites (N-methyl/N-ethyl adjacent to an activating group) is 1. The summed E-state index contributed by atoms with van der Waals surface area (Å²) in [5, 5.41) is 5.70. The summed E-state index contributed by atoms with van der Waals surface area (Å²) in [7, 11) is 0. The number of allylic oxidation sites excluding steroid dienone is 1. The fourth-order valence-electron chi connectivity index (χ4n) is 2.25. The van der Waals surface area contributed by atoms with Crippen LogP contribution in [0.25, 0.3) is 9.40 Å². The van der Waals surface area contributed by atoms with Crippen LogP contribution >= 0.6 is 22.7 Å². The predicted molar refractivity (Wildman–Crippen MR) is 79.4 cm³/mol. The zero-order valence-corrected chi connectivity index (χ0v) is 12.1. The molecule has 1 aliphatic heterocycles. The Morgan fingerprint density at radius 2 is 2.39 bits per heavy atom. The van der Waals surface area contributed by atoms with Gasteiger partial charge in [0, 0.05) is 14.3 Å². The van der Waals surface area contributed by atoms with Crippen molar-refractivity contribution in [3.8, 4) is 0 Å². The molecular weight excluding hydrogens is 262 g/mol. The number of hydrogen-bond donors (Lipinski definition) is 1. The fourth-order valence-corrected chi connectivity index (χ4v) is 4.45. The summed E-state index contributed by atoms with van der Waals surface area (Å²) in [6.45, 7) is 3.96. The highest BCUT2D eigenvalue weighted by molar-refractivity contribution is 7.27. The van der Waals surface area contributed by atoms with Crippen LogP contribution in [0.4, 0.5) is 0 Å². The topological polar surface area (TPSA) is 21.3 Å². The molecule has 1 atom stereocenters. The highest BCUT2D eigenvalue weighted by Gasteiger charge is 2.21. The Bertz CT molecular complexity index is 526. The molecule has 0 fully saturated rings. The first-order chi connectivity index (χ1) is 8.88. The first-order valence-corrected chi connectivity index (χ1v) is 8.11. The number of ether oxygens (including phenoxy) is 1. The SMILES string of the molecule is CCNC(C1=CCCCO1)c1cc2sccc2s1. The summed E-state index contributed by atoms with van der Waals surface area (Å²) in [4.78, 5) is 1.37. The molecule has 0 bridgehead atoms. The molecule has 0 saturated heterocycles. The van der Waals surface area contributed by atoms with E-state index in [-0.39, 0.29) is 6.04 Å². The molecule has 2 aromatic rings. The van der Waals surface area contributed by atoms with Gasteiger partial charge in [-0.25, -0.2) is 0 Å². The zero-order valence-electron chi connectivity index (χ0n) is 10.4. The third kappa shape index (κ3) is 2.32. The van der Waals surface area contributed by atoms with Crippen molar-refractivity contribution >= 4 is 32.1 Å². The molecule has 0 spiro atoms. The Morgan fingerprint density at radius 1 is 1.44 bits per heavy atom. The van der Waals surface area contributed by atoms with Gasteiger partial charge in [-0.15, -0.1) is 22.7 Å². The van der Waals surface area contributed by atoms with E-state index in [1.54, 1.807) is 0 Å². The van der Waals surface area contributed by atoms with Crippen LogP contribution in [0.2, 0.25) is 0 Å². The van der Waals surface area contributed by atoms with Crippen LogP contribution in [0.1, 0.15) is 30.7 Å². The zero-order chi connectivity index (χ0) is 12.4. The van der Waals surface area contributed by atoms with E-state index in [4.69, 9.17) is 4.74 Å². The summed E-state index contributed by atoms with van der Waals surface area (Å²) in [6.07, 6.45) is 4.52. The Balaban J connectivity index is 1.93. The summed E-state index contributed by atoms with van der Waals surface area (Å²) in [5.74, 6) is 1.11. The van der Waals surface area contributed by atoms with Crippen molar-refractivity contribution in [1.82, 2.24) is 5.32 Å². The highest BCUT2D eigenvalue weighted by Crippen LogP contribution is 2.36. The minimum atomic E-state index is 0.236. The second kappa shape index (κ2) is 5.43. The summed E-state index contributed by atoms with van der Waals surface area (Å²) in [6, 6.07) is 4.74. The maximum Gasteiger partial charge on any atom is 0.114 e. The van der Waals surface area contributed by atoms with E-state index < -0.39 is 0 Å². The van der Waals surface area contributed by atoms with Crippen molar-refractivity contribution in [3.05, 3.63) is 34.2 Å². The summed E-state index contributed by atoms with van der Waals surface area (Å²) < 4.78 is 8.60. The van der Waals surface area contributed by atoms with Crippen LogP contribution in [-0.4, -0.2) is 13.2 Å². The molecule has 1 unspecified atom stereocenters. The van der Waals surface area contributed by atoms with Crippen LogP contribution in [0.15, 0.2) is 29.3 Å². The monoisotopic (exact) mass is 279 g/mol. The molecule has 0 radical (unpaired) electrons. The van der Waals surface area contributed by atoms with Crippen molar-refractivity contribution in [2.45, 2.75) is 25.8 Å². The minimum Gasteiger partial charge on any atom is -0.496 e. The second-order valence-electron chi connectivity index (χ2n) is 4.39. The van der Waals surface area contributed by atoms with Gasteiger partial charge in [-0.1, -0.05) is 6.92 Å². The second-order valence-corrected chi connectivity index (χ2v) is 6.45. The lowest BCUT2D eigenvalue weighted by Gasteiger charge is -2.23. The fraction of sp³-hybridized carbons (Fsp3) is 0.429. The van der Waals surface area contributed by atoms with Gasteiger partial charge in [0.1, 0.15) is 5.76 Å². The van der Waals surface area contributed by atoms with Crippen LogP contribution in [-0.2, 0) is 4.74 Å². The maximum absolute atomic E-state index is 5.83. The van der Waals surface area contributed by atoms with E-state index in [0.29, 0.717) is 0 Å². The highest BCUT2D eigenvalue weighted by atomic mass is 32.1. The normalized spacial score (nSPS) is 17.5. The van der Waals surface area contributed by atoms with Crippen LogP contribution in [0.3, 0.4) is 0 Å². The molecule has 2 nitrogen and oxygen atoms in total. The average Bonchev–Trinajstić information content (AvgIpc) is 2.97. The third-order valence-electron chi connectivity index (χ3n) is 3.10. The molecule has 0 saturated carbocycles. The van der Waals surface area contributed by atoms with Crippen molar-refractivity contribution in [2.75, 3.05) is 13.2 Å². The smallest absolute Gasteiger partial charge is 0.114 e. The largest absolute Gasteiger partial charge is 0.496 e. The van der Waals surface area contributed by atoms with E-state index in [1.165, 1.54) is 14.3 Å². The predicted octanol–water partition coefficient (Wildman–Crippen LogP) is 4.31. The number of nitrogens with one attached hydrogen (secondary N) is 1. The molecule has 2 aromatic heterocycles. The van der Waals surface area contributed by atoms with Gasteiger partial charge in [0.2, 0.25) is 0 Å². The molecule has 1 aliphatic rings. The summed E-state index contributed by atoms with van der Waals surface area (Å²) >= 11 is 3.69. The van der Waals surface area contributed by atoms with Crippen LogP contribution in [0.5, 0.6) is 0 Å². The van der Waals surface area contributed by atoms with Gasteiger partial charge in [-0.3, -0.25) is 0 Å². The van der Waals surface area contributed by atoms with Gasteiger partial charge in [0.05, 0.1) is 12.6 Å². The van der Waals surface area contributed by atoms with E-state index in [9.17, 15) is 0 Å². The van der Waals surface area contributed by atoms with Crippen molar-refractivity contribution in [3.63, 3.8) is 0 Å². The van der Waals surface area contributed by atoms with Gasteiger partial charge in [-0.05, 0) is 43.0 Å². The molecule has 0 aromatic carbocycles. The molecule has 18 heavy (non-hydrogen) atoms. The molecule has 96 valence electrons. The standard InChI is InChI=1S/C14H17NOS2/c1-2-15-14(10-5-3-4-7-16-10)13-9-12-11(18-13)6-8-17-12/h5-6,8-9,14-15H,2-4,7H2,1H3. The van der Waals surface area contributed by atoms with Crippen LogP contribution in [0, 0.1) is 0 Å². The average molecular weight is 279 g/mol. The van der Waals surface area contributed by atoms with Gasteiger partial charge in [0.15, 0.2) is 0 Å². The van der Waals surface area contributed by atoms with E-state index in [1.807, 2.05) is 22.7 Å². The lowest BCUT2D eigenvalue weighted by Crippen LogP contribution is -2.24. The summed E-state index contributed by atoms with van der Waals surface area (Å²) in [5.41, 5.74) is 0. The number of hydrogen-bond acceptors (Lipinski definition) is 4. The lowest BCUT2D eigenvalue weighted by atomic mass is 10.1. The maximum atomic E-state index is 5.83.